The summed E-state index contributed by atoms with van der Waals surface area (Å²) in [7, 11) is 0. The third kappa shape index (κ3) is 2.15. The molecule has 0 fully saturated rings. The molecule has 1 aliphatic rings. The predicted molar refractivity (Wildman–Crippen MR) is 74.7 cm³/mol. The Bertz CT molecular complexity index is 480. The van der Waals surface area contributed by atoms with Gasteiger partial charge in [0.2, 0.25) is 5.91 Å². The van der Waals surface area contributed by atoms with Crippen molar-refractivity contribution in [2.24, 2.45) is 11.7 Å². The minimum Gasteiger partial charge on any atom is -0.316 e. The largest absolute Gasteiger partial charge is 0.316 e. The molecule has 1 amide bonds. The Hall–Kier alpha value is -1.35. The molecule has 2 N–H and O–H groups in total. The lowest BCUT2D eigenvalue weighted by Gasteiger charge is -2.19. The van der Waals surface area contributed by atoms with Gasteiger partial charge in [-0.2, -0.15) is 0 Å². The van der Waals surface area contributed by atoms with Gasteiger partial charge >= 0.3 is 0 Å². The number of carbonyl (C=O) groups is 1. The molecule has 1 aliphatic heterocycles. The monoisotopic (exact) mass is 246 g/mol. The fourth-order valence-electron chi connectivity index (χ4n) is 2.61. The van der Waals surface area contributed by atoms with Crippen molar-refractivity contribution < 1.29 is 4.79 Å². The summed E-state index contributed by atoms with van der Waals surface area (Å²) in [5.41, 5.74) is 10.4. The first-order valence-corrected chi connectivity index (χ1v) is 6.60. The Balaban J connectivity index is 2.38. The molecular weight excluding hydrogens is 224 g/mol. The number of benzene rings is 1. The van der Waals surface area contributed by atoms with Gasteiger partial charge in [-0.25, -0.2) is 0 Å². The number of anilines is 1. The maximum absolute atomic E-state index is 12.2. The molecule has 1 heterocycles. The molecule has 18 heavy (non-hydrogen) atoms. The zero-order chi connectivity index (χ0) is 13.4. The van der Waals surface area contributed by atoms with E-state index in [-0.39, 0.29) is 5.91 Å². The van der Waals surface area contributed by atoms with E-state index in [4.69, 9.17) is 5.73 Å². The third-order valence-electron chi connectivity index (χ3n) is 3.57. The molecule has 1 aromatic rings. The van der Waals surface area contributed by atoms with Gasteiger partial charge in [-0.05, 0) is 43.4 Å². The van der Waals surface area contributed by atoms with Crippen LogP contribution in [-0.2, 0) is 4.79 Å². The van der Waals surface area contributed by atoms with Crippen LogP contribution < -0.4 is 10.6 Å². The minimum absolute atomic E-state index is 0.0411. The zero-order valence-electron chi connectivity index (χ0n) is 11.7. The van der Waals surface area contributed by atoms with Crippen LogP contribution in [0.15, 0.2) is 12.1 Å². The molecule has 0 spiro atoms. The number of hydrogen-bond donors (Lipinski definition) is 1. The Morgan fingerprint density at radius 2 is 2.00 bits per heavy atom. The SMILES string of the molecule is Cc1cc(C)c2c(c1)N(CCC(C)C)C(=O)C2N. The summed E-state index contributed by atoms with van der Waals surface area (Å²) < 4.78 is 0. The summed E-state index contributed by atoms with van der Waals surface area (Å²) in [6.45, 7) is 9.19. The molecule has 0 aromatic heterocycles. The first-order valence-electron chi connectivity index (χ1n) is 6.60. The fraction of sp³-hybridized carbons (Fsp3) is 0.533. The highest BCUT2D eigenvalue weighted by molar-refractivity contribution is 6.05. The molecule has 1 unspecified atom stereocenters. The molecule has 0 bridgehead atoms. The maximum Gasteiger partial charge on any atom is 0.248 e. The van der Waals surface area contributed by atoms with E-state index in [1.54, 1.807) is 0 Å². The first kappa shape index (κ1) is 13.1. The molecule has 1 atom stereocenters. The summed E-state index contributed by atoms with van der Waals surface area (Å²) >= 11 is 0. The van der Waals surface area contributed by atoms with Gasteiger partial charge in [-0.1, -0.05) is 19.9 Å². The molecule has 0 saturated heterocycles. The first-order chi connectivity index (χ1) is 8.41. The van der Waals surface area contributed by atoms with E-state index in [2.05, 4.69) is 32.9 Å². The quantitative estimate of drug-likeness (QED) is 0.891. The fourth-order valence-corrected chi connectivity index (χ4v) is 2.61. The Labute approximate surface area is 109 Å². The highest BCUT2D eigenvalue weighted by atomic mass is 16.2. The third-order valence-corrected chi connectivity index (χ3v) is 3.57. The summed E-state index contributed by atoms with van der Waals surface area (Å²) in [6, 6.07) is 3.69. The summed E-state index contributed by atoms with van der Waals surface area (Å²) in [6.07, 6.45) is 1.00. The lowest BCUT2D eigenvalue weighted by Crippen LogP contribution is -2.33. The van der Waals surface area contributed by atoms with E-state index >= 15 is 0 Å². The van der Waals surface area contributed by atoms with Crippen molar-refractivity contribution in [1.82, 2.24) is 0 Å². The van der Waals surface area contributed by atoms with Crippen molar-refractivity contribution in [3.63, 3.8) is 0 Å². The van der Waals surface area contributed by atoms with Crippen LogP contribution >= 0.6 is 0 Å². The summed E-state index contributed by atoms with van der Waals surface area (Å²) in [5.74, 6) is 0.628. The van der Waals surface area contributed by atoms with Gasteiger partial charge in [0.1, 0.15) is 6.04 Å². The number of amides is 1. The van der Waals surface area contributed by atoms with Gasteiger partial charge in [0.25, 0.3) is 0 Å². The van der Waals surface area contributed by atoms with Gasteiger partial charge < -0.3 is 10.6 Å². The van der Waals surface area contributed by atoms with Crippen molar-refractivity contribution in [1.29, 1.82) is 0 Å². The Morgan fingerprint density at radius 3 is 2.61 bits per heavy atom. The van der Waals surface area contributed by atoms with Crippen molar-refractivity contribution in [3.05, 3.63) is 28.8 Å². The molecule has 3 nitrogen and oxygen atoms in total. The number of rotatable bonds is 3. The van der Waals surface area contributed by atoms with Crippen LogP contribution in [0.2, 0.25) is 0 Å². The van der Waals surface area contributed by atoms with Crippen LogP contribution in [-0.4, -0.2) is 12.5 Å². The summed E-state index contributed by atoms with van der Waals surface area (Å²) in [5, 5.41) is 0. The highest BCUT2D eigenvalue weighted by Crippen LogP contribution is 2.37. The average molecular weight is 246 g/mol. The number of carbonyl (C=O) groups excluding carboxylic acids is 1. The number of hydrogen-bond acceptors (Lipinski definition) is 2. The van der Waals surface area contributed by atoms with E-state index in [1.807, 2.05) is 11.8 Å². The second kappa shape index (κ2) is 4.73. The second-order valence-electron chi connectivity index (χ2n) is 5.66. The van der Waals surface area contributed by atoms with Gasteiger partial charge in [-0.15, -0.1) is 0 Å². The topological polar surface area (TPSA) is 46.3 Å². The van der Waals surface area contributed by atoms with Crippen molar-refractivity contribution in [3.8, 4) is 0 Å². The van der Waals surface area contributed by atoms with E-state index in [1.165, 1.54) is 5.56 Å². The number of aryl methyl sites for hydroxylation is 2. The van der Waals surface area contributed by atoms with E-state index in [0.29, 0.717) is 5.92 Å². The molecule has 1 aromatic carbocycles. The molecule has 0 radical (unpaired) electrons. The molecule has 0 saturated carbocycles. The van der Waals surface area contributed by atoms with Gasteiger partial charge in [0.15, 0.2) is 0 Å². The smallest absolute Gasteiger partial charge is 0.248 e. The van der Waals surface area contributed by atoms with Gasteiger partial charge in [0, 0.05) is 17.8 Å². The summed E-state index contributed by atoms with van der Waals surface area (Å²) in [4.78, 5) is 14.1. The zero-order valence-corrected chi connectivity index (χ0v) is 11.7. The van der Waals surface area contributed by atoms with Crippen LogP contribution in [0.25, 0.3) is 0 Å². The van der Waals surface area contributed by atoms with Crippen LogP contribution in [0.1, 0.15) is 43.0 Å². The maximum atomic E-state index is 12.2. The Kier molecular flexibility index (Phi) is 3.44. The molecular formula is C15H22N2O. The molecule has 2 rings (SSSR count). The predicted octanol–water partition coefficient (Wildman–Crippen LogP) is 2.70. The van der Waals surface area contributed by atoms with E-state index in [0.717, 1.165) is 29.8 Å². The highest BCUT2D eigenvalue weighted by Gasteiger charge is 2.35. The number of nitrogens with two attached hydrogens (primary N) is 1. The molecule has 3 heteroatoms. The van der Waals surface area contributed by atoms with Crippen molar-refractivity contribution in [2.45, 2.75) is 40.2 Å². The normalized spacial score (nSPS) is 18.7. The standard InChI is InChI=1S/C15H22N2O/c1-9(2)5-6-17-12-8-10(3)7-11(4)13(12)14(16)15(17)18/h7-9,14H,5-6,16H2,1-4H3. The molecule has 0 aliphatic carbocycles. The molecule has 98 valence electrons. The van der Waals surface area contributed by atoms with Crippen molar-refractivity contribution >= 4 is 11.6 Å². The van der Waals surface area contributed by atoms with Crippen molar-refractivity contribution in [2.75, 3.05) is 11.4 Å². The second-order valence-corrected chi connectivity index (χ2v) is 5.66. The Morgan fingerprint density at radius 1 is 1.33 bits per heavy atom. The van der Waals surface area contributed by atoms with Crippen LogP contribution in [0, 0.1) is 19.8 Å². The lowest BCUT2D eigenvalue weighted by atomic mass is 10.0. The number of nitrogens with zero attached hydrogens (tertiary/aromatic N) is 1. The number of fused-ring (bicyclic) bond motifs is 1. The van der Waals surface area contributed by atoms with Crippen LogP contribution in [0.4, 0.5) is 5.69 Å². The van der Waals surface area contributed by atoms with Gasteiger partial charge in [-0.3, -0.25) is 4.79 Å². The van der Waals surface area contributed by atoms with Gasteiger partial charge in [0.05, 0.1) is 0 Å². The van der Waals surface area contributed by atoms with E-state index in [9.17, 15) is 4.79 Å². The minimum atomic E-state index is -0.479. The average Bonchev–Trinajstić information content (AvgIpc) is 2.49. The van der Waals surface area contributed by atoms with Crippen LogP contribution in [0.3, 0.4) is 0 Å². The van der Waals surface area contributed by atoms with Crippen LogP contribution in [0.5, 0.6) is 0 Å². The van der Waals surface area contributed by atoms with E-state index < -0.39 is 6.04 Å². The lowest BCUT2D eigenvalue weighted by molar-refractivity contribution is -0.119.